The molecule has 0 aromatic carbocycles. The van der Waals surface area contributed by atoms with Gasteiger partial charge in [-0.15, -0.1) is 0 Å². The van der Waals surface area contributed by atoms with Crippen LogP contribution in [-0.4, -0.2) is 23.5 Å². The number of hydrogen-bond acceptors (Lipinski definition) is 3. The van der Waals surface area contributed by atoms with E-state index in [1.165, 1.54) is 12.3 Å². The van der Waals surface area contributed by atoms with Crippen LogP contribution >= 0.6 is 0 Å². The quantitative estimate of drug-likeness (QED) is 0.696. The first kappa shape index (κ1) is 13.4. The third kappa shape index (κ3) is 4.03. The summed E-state index contributed by atoms with van der Waals surface area (Å²) in [5, 5.41) is 2.89. The molecule has 1 aromatic rings. The average molecular weight is 237 g/mol. The number of aromatic amines is 1. The summed E-state index contributed by atoms with van der Waals surface area (Å²) >= 11 is 0. The van der Waals surface area contributed by atoms with Crippen molar-refractivity contribution in [3.05, 3.63) is 34.2 Å². The summed E-state index contributed by atoms with van der Waals surface area (Å²) in [6.07, 6.45) is 2.19. The molecule has 1 heterocycles. The topological polar surface area (TPSA) is 88.0 Å². The largest absolute Gasteiger partial charge is 0.349 e. The van der Waals surface area contributed by atoms with Gasteiger partial charge in [-0.3, -0.25) is 9.59 Å². The van der Waals surface area contributed by atoms with Gasteiger partial charge in [0, 0.05) is 23.9 Å². The number of hydrogen-bond donors (Lipinski definition) is 3. The number of H-pyrrole nitrogens is 1. The first-order valence-electron chi connectivity index (χ1n) is 5.74. The second-order valence-electron chi connectivity index (χ2n) is 4.34. The zero-order chi connectivity index (χ0) is 12.8. The highest BCUT2D eigenvalue weighted by atomic mass is 16.2. The summed E-state index contributed by atoms with van der Waals surface area (Å²) in [7, 11) is 0. The van der Waals surface area contributed by atoms with Crippen LogP contribution in [0.5, 0.6) is 0 Å². The van der Waals surface area contributed by atoms with E-state index in [0.29, 0.717) is 18.0 Å². The number of nitrogens with one attached hydrogen (secondary N) is 2. The summed E-state index contributed by atoms with van der Waals surface area (Å²) in [5.74, 6) is 0.0766. The van der Waals surface area contributed by atoms with Crippen LogP contribution in [0.15, 0.2) is 23.1 Å². The molecule has 1 aromatic heterocycles. The maximum absolute atomic E-state index is 11.9. The molecule has 0 saturated carbocycles. The molecule has 1 rings (SSSR count). The number of carbonyl (C=O) groups excluding carboxylic acids is 1. The van der Waals surface area contributed by atoms with E-state index in [0.717, 1.165) is 6.42 Å². The van der Waals surface area contributed by atoms with Gasteiger partial charge >= 0.3 is 0 Å². The second kappa shape index (κ2) is 6.20. The molecular formula is C12H19N3O2. The average Bonchev–Trinajstić information content (AvgIpc) is 2.28. The van der Waals surface area contributed by atoms with Crippen molar-refractivity contribution in [1.29, 1.82) is 0 Å². The van der Waals surface area contributed by atoms with Crippen molar-refractivity contribution in [3.8, 4) is 0 Å². The van der Waals surface area contributed by atoms with Crippen LogP contribution in [0.2, 0.25) is 0 Å². The van der Waals surface area contributed by atoms with Gasteiger partial charge in [0.15, 0.2) is 0 Å². The predicted octanol–water partition coefficient (Wildman–Crippen LogP) is 0.478. The SMILES string of the molecule is CC(C)C(CCN)NC(=O)c1cc[nH]c(=O)c1. The first-order valence-corrected chi connectivity index (χ1v) is 5.74. The third-order valence-electron chi connectivity index (χ3n) is 2.64. The van der Waals surface area contributed by atoms with E-state index in [1.54, 1.807) is 6.07 Å². The molecule has 17 heavy (non-hydrogen) atoms. The Labute approximate surface area is 100 Å². The normalized spacial score (nSPS) is 12.5. The fourth-order valence-corrected chi connectivity index (χ4v) is 1.59. The van der Waals surface area contributed by atoms with E-state index in [-0.39, 0.29) is 17.5 Å². The van der Waals surface area contributed by atoms with Crippen molar-refractivity contribution < 1.29 is 4.79 Å². The molecule has 5 nitrogen and oxygen atoms in total. The van der Waals surface area contributed by atoms with Crippen LogP contribution in [0.25, 0.3) is 0 Å². The third-order valence-corrected chi connectivity index (χ3v) is 2.64. The predicted molar refractivity (Wildman–Crippen MR) is 66.8 cm³/mol. The number of amides is 1. The van der Waals surface area contributed by atoms with E-state index < -0.39 is 0 Å². The zero-order valence-electron chi connectivity index (χ0n) is 10.2. The molecule has 0 radical (unpaired) electrons. The summed E-state index contributed by atoms with van der Waals surface area (Å²) in [4.78, 5) is 25.4. The Balaban J connectivity index is 2.73. The highest BCUT2D eigenvalue weighted by molar-refractivity contribution is 5.94. The molecule has 1 amide bonds. The molecule has 0 aliphatic rings. The Morgan fingerprint density at radius 3 is 2.76 bits per heavy atom. The molecule has 5 heteroatoms. The van der Waals surface area contributed by atoms with Gasteiger partial charge in [-0.1, -0.05) is 13.8 Å². The van der Waals surface area contributed by atoms with Crippen molar-refractivity contribution >= 4 is 5.91 Å². The summed E-state index contributed by atoms with van der Waals surface area (Å²) in [6, 6.07) is 2.90. The van der Waals surface area contributed by atoms with E-state index in [1.807, 2.05) is 13.8 Å². The highest BCUT2D eigenvalue weighted by Crippen LogP contribution is 2.06. The Bertz CT molecular complexity index is 426. The molecule has 4 N–H and O–H groups in total. The van der Waals surface area contributed by atoms with Crippen molar-refractivity contribution in [2.24, 2.45) is 11.7 Å². The smallest absolute Gasteiger partial charge is 0.251 e. The van der Waals surface area contributed by atoms with E-state index in [4.69, 9.17) is 5.73 Å². The molecule has 0 saturated heterocycles. The van der Waals surface area contributed by atoms with Gasteiger partial charge in [-0.05, 0) is 24.9 Å². The molecule has 0 spiro atoms. The van der Waals surface area contributed by atoms with Gasteiger partial charge in [-0.2, -0.15) is 0 Å². The molecule has 94 valence electrons. The Morgan fingerprint density at radius 1 is 1.53 bits per heavy atom. The van der Waals surface area contributed by atoms with Gasteiger partial charge in [0.1, 0.15) is 0 Å². The van der Waals surface area contributed by atoms with Crippen LogP contribution in [0.1, 0.15) is 30.6 Å². The van der Waals surface area contributed by atoms with Gasteiger partial charge in [0.25, 0.3) is 5.91 Å². The molecule has 1 atom stereocenters. The van der Waals surface area contributed by atoms with Crippen molar-refractivity contribution in [2.45, 2.75) is 26.3 Å². The van der Waals surface area contributed by atoms with Gasteiger partial charge in [0.05, 0.1) is 0 Å². The molecule has 0 fully saturated rings. The molecular weight excluding hydrogens is 218 g/mol. The summed E-state index contributed by atoms with van der Waals surface area (Å²) < 4.78 is 0. The molecule has 0 aliphatic heterocycles. The minimum Gasteiger partial charge on any atom is -0.349 e. The second-order valence-corrected chi connectivity index (χ2v) is 4.34. The standard InChI is InChI=1S/C12H19N3O2/c1-8(2)10(3-5-13)15-12(17)9-4-6-14-11(16)7-9/h4,6-8,10H,3,5,13H2,1-2H3,(H,14,16)(H,15,17). The van der Waals surface area contributed by atoms with Crippen LogP contribution < -0.4 is 16.6 Å². The van der Waals surface area contributed by atoms with Crippen molar-refractivity contribution in [3.63, 3.8) is 0 Å². The lowest BCUT2D eigenvalue weighted by molar-refractivity contribution is 0.0924. The number of nitrogens with two attached hydrogens (primary N) is 1. The Morgan fingerprint density at radius 2 is 2.24 bits per heavy atom. The van der Waals surface area contributed by atoms with Crippen LogP contribution in [0, 0.1) is 5.92 Å². The van der Waals surface area contributed by atoms with Crippen LogP contribution in [0.3, 0.4) is 0 Å². The van der Waals surface area contributed by atoms with Crippen molar-refractivity contribution in [1.82, 2.24) is 10.3 Å². The van der Waals surface area contributed by atoms with Crippen LogP contribution in [-0.2, 0) is 0 Å². The van der Waals surface area contributed by atoms with E-state index >= 15 is 0 Å². The summed E-state index contributed by atoms with van der Waals surface area (Å²) in [5.41, 5.74) is 5.59. The number of rotatable bonds is 5. The molecule has 1 unspecified atom stereocenters. The lowest BCUT2D eigenvalue weighted by Gasteiger charge is -2.21. The van der Waals surface area contributed by atoms with Crippen molar-refractivity contribution in [2.75, 3.05) is 6.54 Å². The Hall–Kier alpha value is -1.62. The number of aromatic nitrogens is 1. The minimum atomic E-state index is -0.280. The van der Waals surface area contributed by atoms with Gasteiger partial charge < -0.3 is 16.0 Å². The monoisotopic (exact) mass is 237 g/mol. The first-order chi connectivity index (χ1) is 8.04. The fraction of sp³-hybridized carbons (Fsp3) is 0.500. The highest BCUT2D eigenvalue weighted by Gasteiger charge is 2.16. The van der Waals surface area contributed by atoms with Gasteiger partial charge in [0.2, 0.25) is 5.56 Å². The van der Waals surface area contributed by atoms with Gasteiger partial charge in [-0.25, -0.2) is 0 Å². The van der Waals surface area contributed by atoms with E-state index in [2.05, 4.69) is 10.3 Å². The lowest BCUT2D eigenvalue weighted by atomic mass is 10.0. The lowest BCUT2D eigenvalue weighted by Crippen LogP contribution is -2.40. The summed E-state index contributed by atoms with van der Waals surface area (Å²) in [6.45, 7) is 4.58. The van der Waals surface area contributed by atoms with Crippen LogP contribution in [0.4, 0.5) is 0 Å². The number of pyridine rings is 1. The zero-order valence-corrected chi connectivity index (χ0v) is 10.2. The number of carbonyl (C=O) groups is 1. The minimum absolute atomic E-state index is 0.0341. The van der Waals surface area contributed by atoms with E-state index in [9.17, 15) is 9.59 Å². The fourth-order valence-electron chi connectivity index (χ4n) is 1.59. The Kier molecular flexibility index (Phi) is 4.90. The molecule has 0 bridgehead atoms. The molecule has 0 aliphatic carbocycles. The maximum Gasteiger partial charge on any atom is 0.251 e. The maximum atomic E-state index is 11.9.